The summed E-state index contributed by atoms with van der Waals surface area (Å²) in [4.78, 5) is 35.5. The summed E-state index contributed by atoms with van der Waals surface area (Å²) >= 11 is 0. The monoisotopic (exact) mass is 931 g/mol. The van der Waals surface area contributed by atoms with E-state index in [0.29, 0.717) is 17.4 Å². The van der Waals surface area contributed by atoms with Crippen LogP contribution in [0.4, 0.5) is 0 Å². The Kier molecular flexibility index (Phi) is 44.3. The number of nitrogens with zero attached hydrogens (tertiary/aromatic N) is 1. The molecule has 0 saturated heterocycles. The van der Waals surface area contributed by atoms with Crippen molar-refractivity contribution >= 4 is 19.8 Å². The molecule has 0 aromatic carbocycles. The van der Waals surface area contributed by atoms with Crippen LogP contribution in [0.15, 0.2) is 85.1 Å². The van der Waals surface area contributed by atoms with Gasteiger partial charge in [-0.05, 0) is 70.6 Å². The summed E-state index contributed by atoms with van der Waals surface area (Å²) in [5.74, 6) is -0.813. The van der Waals surface area contributed by atoms with Crippen molar-refractivity contribution in [3.63, 3.8) is 0 Å². The van der Waals surface area contributed by atoms with Crippen molar-refractivity contribution in [1.82, 2.24) is 0 Å². The smallest absolute Gasteiger partial charge is 0.462 e. The van der Waals surface area contributed by atoms with Crippen molar-refractivity contribution in [2.75, 3.05) is 47.5 Å². The van der Waals surface area contributed by atoms with E-state index in [1.165, 1.54) is 77.0 Å². The maximum Gasteiger partial charge on any atom is 0.472 e. The maximum atomic E-state index is 12.8. The maximum absolute atomic E-state index is 12.8. The first kappa shape index (κ1) is 62.2. The zero-order valence-corrected chi connectivity index (χ0v) is 43.1. The van der Waals surface area contributed by atoms with E-state index in [0.717, 1.165) is 89.9 Å². The first-order valence-corrected chi connectivity index (χ1v) is 27.3. The number of carbonyl (C=O) groups is 2. The summed E-state index contributed by atoms with van der Waals surface area (Å²) in [6.07, 6.45) is 60.7. The Labute approximate surface area is 399 Å². The quantitative estimate of drug-likeness (QED) is 0.0211. The number of esters is 2. The number of likely N-dealkylation sites (N-methyl/N-ethyl adjacent to an activating group) is 1. The van der Waals surface area contributed by atoms with Crippen LogP contribution in [0.5, 0.6) is 0 Å². The first-order chi connectivity index (χ1) is 31.5. The molecule has 0 bridgehead atoms. The highest BCUT2D eigenvalue weighted by molar-refractivity contribution is 7.47. The fourth-order valence-electron chi connectivity index (χ4n) is 6.70. The van der Waals surface area contributed by atoms with Crippen molar-refractivity contribution in [3.05, 3.63) is 85.1 Å². The second kappa shape index (κ2) is 46.3. The van der Waals surface area contributed by atoms with Gasteiger partial charge in [0.15, 0.2) is 6.10 Å². The highest BCUT2D eigenvalue weighted by Crippen LogP contribution is 2.43. The van der Waals surface area contributed by atoms with Gasteiger partial charge in [0, 0.05) is 12.8 Å². The molecule has 0 aliphatic heterocycles. The van der Waals surface area contributed by atoms with E-state index in [4.69, 9.17) is 18.5 Å². The molecule has 0 radical (unpaired) electrons. The predicted octanol–water partition coefficient (Wildman–Crippen LogP) is 15.5. The van der Waals surface area contributed by atoms with Crippen LogP contribution in [0.3, 0.4) is 0 Å². The lowest BCUT2D eigenvalue weighted by molar-refractivity contribution is -0.870. The number of rotatable bonds is 46. The third-order valence-electron chi connectivity index (χ3n) is 10.7. The largest absolute Gasteiger partial charge is 0.472 e. The van der Waals surface area contributed by atoms with Crippen molar-refractivity contribution in [2.45, 2.75) is 206 Å². The molecule has 0 aromatic heterocycles. The minimum absolute atomic E-state index is 0.0263. The summed E-state index contributed by atoms with van der Waals surface area (Å²) in [5, 5.41) is 0. The van der Waals surface area contributed by atoms with Gasteiger partial charge in [-0.2, -0.15) is 0 Å². The van der Waals surface area contributed by atoms with Gasteiger partial charge < -0.3 is 18.9 Å². The van der Waals surface area contributed by atoms with E-state index < -0.39 is 26.5 Å². The average molecular weight is 931 g/mol. The molecule has 0 spiro atoms. The molecule has 9 nitrogen and oxygen atoms in total. The van der Waals surface area contributed by atoms with E-state index in [-0.39, 0.29) is 32.0 Å². The van der Waals surface area contributed by atoms with Crippen molar-refractivity contribution in [2.24, 2.45) is 0 Å². The van der Waals surface area contributed by atoms with E-state index in [1.807, 2.05) is 21.1 Å². The molecule has 0 heterocycles. The van der Waals surface area contributed by atoms with Crippen LogP contribution in [-0.2, 0) is 32.7 Å². The number of phosphoric acid groups is 1. The molecule has 0 rings (SSSR count). The molecule has 2 atom stereocenters. The Balaban J connectivity index is 4.23. The molecule has 0 amide bonds. The lowest BCUT2D eigenvalue weighted by Crippen LogP contribution is -2.37. The van der Waals surface area contributed by atoms with Crippen LogP contribution < -0.4 is 0 Å². The van der Waals surface area contributed by atoms with Crippen molar-refractivity contribution in [1.29, 1.82) is 0 Å². The second-order valence-electron chi connectivity index (χ2n) is 18.2. The summed E-state index contributed by atoms with van der Waals surface area (Å²) in [6, 6.07) is 0. The van der Waals surface area contributed by atoms with E-state index >= 15 is 0 Å². The topological polar surface area (TPSA) is 108 Å². The number of hydrogen-bond acceptors (Lipinski definition) is 7. The molecular formula is C55H97NO8P+. The fourth-order valence-corrected chi connectivity index (χ4v) is 7.44. The first-order valence-electron chi connectivity index (χ1n) is 25.8. The van der Waals surface area contributed by atoms with Crippen LogP contribution in [0.2, 0.25) is 0 Å². The highest BCUT2D eigenvalue weighted by atomic mass is 31.2. The number of hydrogen-bond donors (Lipinski definition) is 1. The molecular weight excluding hydrogens is 834 g/mol. The SMILES string of the molecule is CC/C=C\C/C=C\C/C=C\C/C=C\C/C=C\C/C=C\C/C=C\CCCCCCCCCC(=O)OC(COC(=O)CCCCCCCCCCCCCC)COP(=O)(O)OCC[N+](C)(C)C. The molecule has 374 valence electrons. The van der Waals surface area contributed by atoms with Crippen molar-refractivity contribution < 1.29 is 42.1 Å². The molecule has 1 N–H and O–H groups in total. The van der Waals surface area contributed by atoms with Gasteiger partial charge in [-0.3, -0.25) is 18.6 Å². The Morgan fingerprint density at radius 1 is 0.492 bits per heavy atom. The van der Waals surface area contributed by atoms with Gasteiger partial charge in [-0.25, -0.2) is 4.57 Å². The third-order valence-corrected chi connectivity index (χ3v) is 11.7. The molecule has 0 aliphatic carbocycles. The lowest BCUT2D eigenvalue weighted by Gasteiger charge is -2.24. The van der Waals surface area contributed by atoms with Crippen LogP contribution in [-0.4, -0.2) is 74.9 Å². The average Bonchev–Trinajstić information content (AvgIpc) is 3.26. The molecule has 0 aliphatic rings. The number of allylic oxidation sites excluding steroid dienone is 14. The predicted molar refractivity (Wildman–Crippen MR) is 275 cm³/mol. The lowest BCUT2D eigenvalue weighted by atomic mass is 10.0. The number of phosphoric ester groups is 1. The summed E-state index contributed by atoms with van der Waals surface area (Å²) in [6.45, 7) is 4.29. The van der Waals surface area contributed by atoms with E-state index in [9.17, 15) is 19.0 Å². The third kappa shape index (κ3) is 50.4. The standard InChI is InChI=1S/C55H96NO8P/c1-6-8-10-12-14-16-18-20-21-22-23-24-25-26-27-28-29-30-31-32-33-34-35-36-38-40-42-44-46-48-55(58)64-53(52-63-65(59,60)62-50-49-56(3,4)5)51-61-54(57)47-45-43-41-39-37-19-17-15-13-11-9-7-2/h8,10,14,16,20-21,23-24,26-27,29-30,32-33,53H,6-7,9,11-13,15,17-19,22,25,28,31,34-52H2,1-5H3/p+1/b10-8-,16-14-,21-20-,24-23-,27-26-,30-29-,33-32-. The van der Waals surface area contributed by atoms with Gasteiger partial charge in [-0.15, -0.1) is 0 Å². The number of carbonyl (C=O) groups excluding carboxylic acids is 2. The van der Waals surface area contributed by atoms with Gasteiger partial charge in [0.05, 0.1) is 27.7 Å². The molecule has 2 unspecified atom stereocenters. The molecule has 0 saturated carbocycles. The fraction of sp³-hybridized carbons (Fsp3) is 0.709. The van der Waals surface area contributed by atoms with E-state index in [2.05, 4.69) is 98.9 Å². The van der Waals surface area contributed by atoms with Crippen LogP contribution in [0.1, 0.15) is 200 Å². The minimum Gasteiger partial charge on any atom is -0.462 e. The Hall–Kier alpha value is -2.81. The summed E-state index contributed by atoms with van der Waals surface area (Å²) in [7, 11) is 1.46. The zero-order chi connectivity index (χ0) is 47.8. The zero-order valence-electron chi connectivity index (χ0n) is 42.2. The van der Waals surface area contributed by atoms with Crippen LogP contribution in [0.25, 0.3) is 0 Å². The normalized spacial score (nSPS) is 14.1. The summed E-state index contributed by atoms with van der Waals surface area (Å²) in [5.41, 5.74) is 0. The Morgan fingerprint density at radius 2 is 0.877 bits per heavy atom. The molecule has 65 heavy (non-hydrogen) atoms. The number of unbranched alkanes of at least 4 members (excludes halogenated alkanes) is 18. The second-order valence-corrected chi connectivity index (χ2v) is 19.6. The van der Waals surface area contributed by atoms with Gasteiger partial charge in [0.1, 0.15) is 19.8 Å². The Bertz CT molecular complexity index is 1380. The van der Waals surface area contributed by atoms with Crippen LogP contribution in [0, 0.1) is 0 Å². The highest BCUT2D eigenvalue weighted by Gasteiger charge is 2.27. The Morgan fingerprint density at radius 3 is 1.31 bits per heavy atom. The number of ether oxygens (including phenoxy) is 2. The van der Waals surface area contributed by atoms with Gasteiger partial charge in [0.2, 0.25) is 0 Å². The molecule has 0 fully saturated rings. The van der Waals surface area contributed by atoms with Gasteiger partial charge in [0.25, 0.3) is 0 Å². The molecule has 10 heteroatoms. The van der Waals surface area contributed by atoms with Crippen LogP contribution >= 0.6 is 7.82 Å². The van der Waals surface area contributed by atoms with Gasteiger partial charge >= 0.3 is 19.8 Å². The number of quaternary nitrogens is 1. The van der Waals surface area contributed by atoms with E-state index in [1.54, 1.807) is 0 Å². The molecule has 0 aromatic rings. The van der Waals surface area contributed by atoms with Crippen molar-refractivity contribution in [3.8, 4) is 0 Å². The van der Waals surface area contributed by atoms with Gasteiger partial charge in [-0.1, -0.05) is 202 Å². The summed E-state index contributed by atoms with van der Waals surface area (Å²) < 4.78 is 34.4. The minimum atomic E-state index is -4.38.